The Bertz CT molecular complexity index is 226. The minimum Gasteiger partial charge on any atom is -0.390 e. The van der Waals surface area contributed by atoms with Gasteiger partial charge < -0.3 is 14.9 Å². The highest BCUT2D eigenvalue weighted by atomic mass is 19.4. The van der Waals surface area contributed by atoms with Gasteiger partial charge in [-0.25, -0.2) is 0 Å². The predicted octanol–water partition coefficient (Wildman–Crippen LogP) is 0.616. The third kappa shape index (κ3) is 2.26. The monoisotopic (exact) mass is 212 g/mol. The Morgan fingerprint density at radius 3 is 2.43 bits per heavy atom. The smallest absolute Gasteiger partial charge is 0.390 e. The lowest BCUT2D eigenvalue weighted by Crippen LogP contribution is -2.47. The third-order valence-electron chi connectivity index (χ3n) is 2.12. The van der Waals surface area contributed by atoms with E-state index in [1.807, 2.05) is 0 Å². The van der Waals surface area contributed by atoms with Crippen LogP contribution in [0.15, 0.2) is 12.2 Å². The first-order chi connectivity index (χ1) is 6.34. The summed E-state index contributed by atoms with van der Waals surface area (Å²) in [5.74, 6) is 0. The number of hydrogen-bond donors (Lipinski definition) is 2. The second kappa shape index (κ2) is 3.88. The number of hydrogen-bond acceptors (Lipinski definition) is 3. The van der Waals surface area contributed by atoms with Gasteiger partial charge in [0, 0.05) is 0 Å². The fourth-order valence-corrected chi connectivity index (χ4v) is 1.25. The van der Waals surface area contributed by atoms with Gasteiger partial charge in [-0.15, -0.1) is 0 Å². The predicted molar refractivity (Wildman–Crippen MR) is 41.6 cm³/mol. The molecule has 1 fully saturated rings. The van der Waals surface area contributed by atoms with Crippen molar-refractivity contribution in [3.8, 4) is 0 Å². The number of ether oxygens (including phenoxy) is 1. The van der Waals surface area contributed by atoms with Crippen LogP contribution in [-0.2, 0) is 4.74 Å². The number of alkyl halides is 3. The van der Waals surface area contributed by atoms with E-state index in [1.54, 1.807) is 0 Å². The first-order valence-electron chi connectivity index (χ1n) is 4.07. The van der Waals surface area contributed by atoms with Crippen molar-refractivity contribution >= 4 is 0 Å². The van der Waals surface area contributed by atoms with Gasteiger partial charge in [-0.3, -0.25) is 0 Å². The standard InChI is InChI=1S/C8H11F3O3/c1-4(8(9,10)11)7-6(13)5(12)2-3-14-7/h5-7,12-13H,1-3H2/t5-,6+,7-/m1/s1. The van der Waals surface area contributed by atoms with Crippen LogP contribution in [0.4, 0.5) is 13.2 Å². The lowest BCUT2D eigenvalue weighted by atomic mass is 9.97. The maximum absolute atomic E-state index is 12.2. The number of halogens is 3. The summed E-state index contributed by atoms with van der Waals surface area (Å²) in [6, 6.07) is 0. The summed E-state index contributed by atoms with van der Waals surface area (Å²) in [7, 11) is 0. The van der Waals surface area contributed by atoms with Gasteiger partial charge in [-0.2, -0.15) is 13.2 Å². The summed E-state index contributed by atoms with van der Waals surface area (Å²) in [5.41, 5.74) is -1.16. The Balaban J connectivity index is 2.72. The van der Waals surface area contributed by atoms with E-state index in [-0.39, 0.29) is 13.0 Å². The van der Waals surface area contributed by atoms with E-state index in [0.29, 0.717) is 0 Å². The highest BCUT2D eigenvalue weighted by Gasteiger charge is 2.44. The van der Waals surface area contributed by atoms with E-state index >= 15 is 0 Å². The second-order valence-corrected chi connectivity index (χ2v) is 3.16. The molecule has 3 nitrogen and oxygen atoms in total. The van der Waals surface area contributed by atoms with Gasteiger partial charge in [-0.1, -0.05) is 6.58 Å². The van der Waals surface area contributed by atoms with Crippen LogP contribution in [0.3, 0.4) is 0 Å². The Morgan fingerprint density at radius 1 is 1.36 bits per heavy atom. The molecule has 0 radical (unpaired) electrons. The SMILES string of the molecule is C=C([C@H]1OCC[C@@H](O)[C@@H]1O)C(F)(F)F. The van der Waals surface area contributed by atoms with Crippen molar-refractivity contribution in [3.63, 3.8) is 0 Å². The summed E-state index contributed by atoms with van der Waals surface area (Å²) in [4.78, 5) is 0. The first kappa shape index (κ1) is 11.5. The van der Waals surface area contributed by atoms with Crippen molar-refractivity contribution in [3.05, 3.63) is 12.2 Å². The highest BCUT2D eigenvalue weighted by Crippen LogP contribution is 2.32. The second-order valence-electron chi connectivity index (χ2n) is 3.16. The van der Waals surface area contributed by atoms with E-state index in [9.17, 15) is 18.3 Å². The Kier molecular flexibility index (Phi) is 3.18. The van der Waals surface area contributed by atoms with Crippen molar-refractivity contribution in [2.75, 3.05) is 6.61 Å². The number of aliphatic hydroxyl groups excluding tert-OH is 2. The van der Waals surface area contributed by atoms with Crippen molar-refractivity contribution in [1.29, 1.82) is 0 Å². The molecule has 0 bridgehead atoms. The van der Waals surface area contributed by atoms with Crippen LogP contribution in [-0.4, -0.2) is 41.3 Å². The van der Waals surface area contributed by atoms with Gasteiger partial charge in [0.15, 0.2) is 0 Å². The van der Waals surface area contributed by atoms with Crippen LogP contribution in [0.25, 0.3) is 0 Å². The summed E-state index contributed by atoms with van der Waals surface area (Å²) >= 11 is 0. The Labute approximate surface area is 78.8 Å². The maximum atomic E-state index is 12.2. The van der Waals surface area contributed by atoms with E-state index in [2.05, 4.69) is 6.58 Å². The van der Waals surface area contributed by atoms with Gasteiger partial charge in [0.05, 0.1) is 18.3 Å². The average molecular weight is 212 g/mol. The Morgan fingerprint density at radius 2 is 1.93 bits per heavy atom. The topological polar surface area (TPSA) is 49.7 Å². The van der Waals surface area contributed by atoms with Crippen LogP contribution < -0.4 is 0 Å². The van der Waals surface area contributed by atoms with Crippen molar-refractivity contribution in [2.45, 2.75) is 30.9 Å². The van der Waals surface area contributed by atoms with E-state index in [0.717, 1.165) is 0 Å². The molecule has 14 heavy (non-hydrogen) atoms. The molecule has 0 unspecified atom stereocenters. The fourth-order valence-electron chi connectivity index (χ4n) is 1.25. The van der Waals surface area contributed by atoms with Crippen LogP contribution >= 0.6 is 0 Å². The molecule has 1 saturated heterocycles. The third-order valence-corrected chi connectivity index (χ3v) is 2.12. The largest absolute Gasteiger partial charge is 0.414 e. The lowest BCUT2D eigenvalue weighted by Gasteiger charge is -2.33. The molecular formula is C8H11F3O3. The molecule has 3 atom stereocenters. The normalized spacial score (nSPS) is 34.2. The molecule has 2 N–H and O–H groups in total. The van der Waals surface area contributed by atoms with E-state index < -0.39 is 30.1 Å². The number of rotatable bonds is 1. The molecule has 0 amide bonds. The van der Waals surface area contributed by atoms with Gasteiger partial charge in [-0.05, 0) is 6.42 Å². The zero-order valence-corrected chi connectivity index (χ0v) is 7.29. The van der Waals surface area contributed by atoms with Crippen LogP contribution in [0.1, 0.15) is 6.42 Å². The molecule has 82 valence electrons. The summed E-state index contributed by atoms with van der Waals surface area (Å²) in [6.45, 7) is 2.80. The minimum atomic E-state index is -4.61. The molecular weight excluding hydrogens is 201 g/mol. The van der Waals surface area contributed by atoms with Gasteiger partial charge in [0.1, 0.15) is 12.2 Å². The van der Waals surface area contributed by atoms with Gasteiger partial charge in [0.2, 0.25) is 0 Å². The zero-order chi connectivity index (χ0) is 10.9. The number of aliphatic hydroxyl groups is 2. The maximum Gasteiger partial charge on any atom is 0.414 e. The van der Waals surface area contributed by atoms with E-state index in [4.69, 9.17) is 9.84 Å². The zero-order valence-electron chi connectivity index (χ0n) is 7.29. The van der Waals surface area contributed by atoms with Crippen molar-refractivity contribution in [2.24, 2.45) is 0 Å². The molecule has 0 aromatic carbocycles. The molecule has 0 spiro atoms. The van der Waals surface area contributed by atoms with Crippen molar-refractivity contribution in [1.82, 2.24) is 0 Å². The summed E-state index contributed by atoms with van der Waals surface area (Å²) in [6.07, 6.45) is -8.78. The van der Waals surface area contributed by atoms with E-state index in [1.165, 1.54) is 0 Å². The quantitative estimate of drug-likeness (QED) is 0.626. The molecule has 0 saturated carbocycles. The van der Waals surface area contributed by atoms with Gasteiger partial charge >= 0.3 is 6.18 Å². The van der Waals surface area contributed by atoms with Crippen LogP contribution in [0.2, 0.25) is 0 Å². The molecule has 1 aliphatic rings. The fraction of sp³-hybridized carbons (Fsp3) is 0.750. The summed E-state index contributed by atoms with van der Waals surface area (Å²) in [5, 5.41) is 18.4. The Hall–Kier alpha value is -0.590. The van der Waals surface area contributed by atoms with Crippen LogP contribution in [0.5, 0.6) is 0 Å². The first-order valence-corrected chi connectivity index (χ1v) is 4.07. The molecule has 0 aromatic rings. The molecule has 1 rings (SSSR count). The molecule has 1 heterocycles. The molecule has 0 aliphatic carbocycles. The van der Waals surface area contributed by atoms with Gasteiger partial charge in [0.25, 0.3) is 0 Å². The lowest BCUT2D eigenvalue weighted by molar-refractivity contribution is -0.158. The molecule has 6 heteroatoms. The van der Waals surface area contributed by atoms with Crippen LogP contribution in [0, 0.1) is 0 Å². The van der Waals surface area contributed by atoms with Crippen molar-refractivity contribution < 1.29 is 28.1 Å². The highest BCUT2D eigenvalue weighted by molar-refractivity contribution is 5.13. The average Bonchev–Trinajstić information content (AvgIpc) is 2.07. The summed E-state index contributed by atoms with van der Waals surface area (Å²) < 4.78 is 41.2. The molecule has 0 aromatic heterocycles. The minimum absolute atomic E-state index is 0.0159. The molecule has 1 aliphatic heterocycles.